The van der Waals surface area contributed by atoms with E-state index in [0.29, 0.717) is 22.4 Å². The van der Waals surface area contributed by atoms with E-state index in [0.717, 1.165) is 23.7 Å². The third-order valence-electron chi connectivity index (χ3n) is 5.30. The summed E-state index contributed by atoms with van der Waals surface area (Å²) in [6, 6.07) is 0. The summed E-state index contributed by atoms with van der Waals surface area (Å²) in [4.78, 5) is 13.0. The highest BCUT2D eigenvalue weighted by atomic mass is 79.9. The molecule has 0 aliphatic heterocycles. The Morgan fingerprint density at radius 2 is 1.79 bits per heavy atom. The summed E-state index contributed by atoms with van der Waals surface area (Å²) in [6.07, 6.45) is 2.61. The summed E-state index contributed by atoms with van der Waals surface area (Å²) >= 11 is 7.47. The Morgan fingerprint density at radius 1 is 1.00 bits per heavy atom. The minimum atomic E-state index is 0.192. The molecule has 14 heavy (non-hydrogen) atoms. The highest BCUT2D eigenvalue weighted by Gasteiger charge is 2.71. The average Bonchev–Trinajstić information content (AvgIpc) is 2.76. The number of Topliss-reactive ketones (excluding diaryl/α,β-unsaturated/α-hetero) is 1. The number of ketones is 1. The Balaban J connectivity index is 1.89. The third kappa shape index (κ3) is 0.722. The van der Waals surface area contributed by atoms with Gasteiger partial charge in [-0.15, -0.1) is 0 Å². The molecule has 0 aromatic carbocycles. The van der Waals surface area contributed by atoms with Gasteiger partial charge >= 0.3 is 0 Å². The molecule has 2 bridgehead atoms. The molecular weight excluding hydrogens is 308 g/mol. The number of carbonyl (C=O) groups is 1. The van der Waals surface area contributed by atoms with E-state index >= 15 is 0 Å². The van der Waals surface area contributed by atoms with Crippen LogP contribution in [0.15, 0.2) is 0 Å². The molecule has 0 spiro atoms. The quantitative estimate of drug-likeness (QED) is 0.627. The average molecular weight is 320 g/mol. The third-order valence-corrected chi connectivity index (χ3v) is 7.35. The Morgan fingerprint density at radius 3 is 2.57 bits per heavy atom. The zero-order valence-corrected chi connectivity index (χ0v) is 10.9. The molecule has 0 aromatic rings. The summed E-state index contributed by atoms with van der Waals surface area (Å²) in [7, 11) is 0. The summed E-state index contributed by atoms with van der Waals surface area (Å²) in [5.74, 6) is 4.81. The number of carbonyl (C=O) groups excluding carboxylic acids is 1. The zero-order chi connectivity index (χ0) is 9.61. The first kappa shape index (κ1) is 8.74. The van der Waals surface area contributed by atoms with E-state index in [1.807, 2.05) is 0 Å². The predicted octanol–water partition coefficient (Wildman–Crippen LogP) is 2.61. The number of hydrogen-bond donors (Lipinski definition) is 0. The fourth-order valence-electron chi connectivity index (χ4n) is 5.09. The van der Waals surface area contributed by atoms with Crippen molar-refractivity contribution in [2.45, 2.75) is 22.5 Å². The monoisotopic (exact) mass is 318 g/mol. The van der Waals surface area contributed by atoms with Gasteiger partial charge in [0.1, 0.15) is 5.78 Å². The van der Waals surface area contributed by atoms with Crippen LogP contribution in [-0.4, -0.2) is 15.4 Å². The van der Waals surface area contributed by atoms with Crippen molar-refractivity contribution in [3.05, 3.63) is 0 Å². The lowest BCUT2D eigenvalue weighted by molar-refractivity contribution is -0.121. The minimum absolute atomic E-state index is 0.192. The van der Waals surface area contributed by atoms with Gasteiger partial charge in [-0.3, -0.25) is 4.79 Å². The molecular formula is C11H12Br2O. The summed E-state index contributed by atoms with van der Waals surface area (Å²) < 4.78 is 0. The molecule has 8 atom stereocenters. The van der Waals surface area contributed by atoms with E-state index < -0.39 is 0 Å². The van der Waals surface area contributed by atoms with Crippen molar-refractivity contribution in [2.24, 2.45) is 35.5 Å². The molecule has 3 heteroatoms. The zero-order valence-electron chi connectivity index (χ0n) is 7.70. The van der Waals surface area contributed by atoms with Crippen molar-refractivity contribution in [1.82, 2.24) is 0 Å². The summed E-state index contributed by atoms with van der Waals surface area (Å²) in [6.45, 7) is 0. The summed E-state index contributed by atoms with van der Waals surface area (Å²) in [5.41, 5.74) is 0. The smallest absolute Gasteiger partial charge is 0.150 e. The van der Waals surface area contributed by atoms with Crippen LogP contribution in [0.5, 0.6) is 0 Å². The topological polar surface area (TPSA) is 17.1 Å². The number of hydrogen-bond acceptors (Lipinski definition) is 1. The maximum atomic E-state index is 12.1. The van der Waals surface area contributed by atoms with Gasteiger partial charge in [-0.05, 0) is 42.4 Å². The molecule has 0 N–H and O–H groups in total. The van der Waals surface area contributed by atoms with Crippen LogP contribution < -0.4 is 0 Å². The molecule has 4 rings (SSSR count). The molecule has 0 heterocycles. The van der Waals surface area contributed by atoms with Crippen molar-refractivity contribution < 1.29 is 4.79 Å². The number of rotatable bonds is 0. The van der Waals surface area contributed by atoms with Crippen LogP contribution in [0.3, 0.4) is 0 Å². The summed E-state index contributed by atoms with van der Waals surface area (Å²) in [5, 5.41) is 0. The molecule has 0 saturated heterocycles. The largest absolute Gasteiger partial charge is 0.298 e. The van der Waals surface area contributed by atoms with Crippen molar-refractivity contribution >= 4 is 37.6 Å². The molecule has 4 aliphatic rings. The lowest BCUT2D eigenvalue weighted by Crippen LogP contribution is -2.26. The first-order valence-electron chi connectivity index (χ1n) is 5.52. The van der Waals surface area contributed by atoms with Crippen molar-refractivity contribution in [3.8, 4) is 0 Å². The van der Waals surface area contributed by atoms with Gasteiger partial charge in [-0.2, -0.15) is 0 Å². The van der Waals surface area contributed by atoms with E-state index in [4.69, 9.17) is 0 Å². The Labute approximate surface area is 100 Å². The van der Waals surface area contributed by atoms with Gasteiger partial charge in [-0.25, -0.2) is 0 Å². The van der Waals surface area contributed by atoms with E-state index in [2.05, 4.69) is 31.9 Å². The fourth-order valence-corrected chi connectivity index (χ4v) is 7.31. The lowest BCUT2D eigenvalue weighted by atomic mass is 9.80. The second kappa shape index (κ2) is 2.48. The maximum Gasteiger partial charge on any atom is 0.150 e. The van der Waals surface area contributed by atoms with Crippen LogP contribution in [0, 0.1) is 35.5 Å². The Kier molecular flexibility index (Phi) is 1.55. The van der Waals surface area contributed by atoms with Gasteiger partial charge in [-0.1, -0.05) is 31.9 Å². The van der Waals surface area contributed by atoms with Gasteiger partial charge in [0.25, 0.3) is 0 Å². The molecule has 76 valence electrons. The Bertz CT molecular complexity index is 327. The Hall–Kier alpha value is 0.630. The van der Waals surface area contributed by atoms with Crippen molar-refractivity contribution in [1.29, 1.82) is 0 Å². The van der Waals surface area contributed by atoms with Crippen molar-refractivity contribution in [2.75, 3.05) is 0 Å². The first-order valence-corrected chi connectivity index (χ1v) is 7.35. The van der Waals surface area contributed by atoms with Crippen LogP contribution in [0.25, 0.3) is 0 Å². The van der Waals surface area contributed by atoms with Gasteiger partial charge < -0.3 is 0 Å². The predicted molar refractivity (Wildman–Crippen MR) is 60.6 cm³/mol. The highest BCUT2D eigenvalue weighted by Crippen LogP contribution is 2.71. The fraction of sp³-hybridized carbons (Fsp3) is 0.909. The second-order valence-corrected chi connectivity index (χ2v) is 7.63. The van der Waals surface area contributed by atoms with E-state index in [1.165, 1.54) is 12.8 Å². The van der Waals surface area contributed by atoms with Crippen LogP contribution in [0.1, 0.15) is 12.8 Å². The van der Waals surface area contributed by atoms with Gasteiger partial charge in [0, 0.05) is 10.7 Å². The minimum Gasteiger partial charge on any atom is -0.298 e. The lowest BCUT2D eigenvalue weighted by Gasteiger charge is -2.26. The number of fused-ring (bicyclic) bond motifs is 2. The van der Waals surface area contributed by atoms with Crippen LogP contribution in [0.4, 0.5) is 0 Å². The first-order chi connectivity index (χ1) is 6.70. The molecule has 1 unspecified atom stereocenters. The molecule has 0 aromatic heterocycles. The molecule has 0 amide bonds. The number of halogens is 2. The normalized spacial score (nSPS) is 68.3. The van der Waals surface area contributed by atoms with Crippen LogP contribution in [0.2, 0.25) is 0 Å². The maximum absolute atomic E-state index is 12.1. The van der Waals surface area contributed by atoms with Gasteiger partial charge in [0.15, 0.2) is 0 Å². The van der Waals surface area contributed by atoms with Crippen molar-refractivity contribution in [3.63, 3.8) is 0 Å². The van der Waals surface area contributed by atoms with Crippen LogP contribution in [-0.2, 0) is 4.79 Å². The number of alkyl halides is 2. The van der Waals surface area contributed by atoms with E-state index in [-0.39, 0.29) is 4.83 Å². The van der Waals surface area contributed by atoms with E-state index in [9.17, 15) is 4.79 Å². The van der Waals surface area contributed by atoms with Crippen LogP contribution >= 0.6 is 31.9 Å². The molecule has 1 nitrogen and oxygen atoms in total. The highest BCUT2D eigenvalue weighted by molar-refractivity contribution is 9.10. The molecule has 4 saturated carbocycles. The molecule has 4 fully saturated rings. The van der Waals surface area contributed by atoms with Gasteiger partial charge in [0.2, 0.25) is 0 Å². The standard InChI is InChI=1S/C11H12Br2O/c12-6-2-4-3-1-5-7(4)11(14)10(13)9(5)8(3)6/h3-10H,1-2H2/t3-,4-,5+,6-,7-,8-,9?,10-/m1/s1. The molecule has 4 aliphatic carbocycles. The second-order valence-electron chi connectivity index (χ2n) is 5.46. The van der Waals surface area contributed by atoms with E-state index in [1.54, 1.807) is 0 Å². The van der Waals surface area contributed by atoms with Gasteiger partial charge in [0.05, 0.1) is 4.83 Å². The SMILES string of the molecule is O=C1[C@@H]2[C@@H]3C[C@@H](Br)[C@@H]4C([C@H]2C[C@H]34)[C@H]1Br. The molecule has 0 radical (unpaired) electrons.